The lowest BCUT2D eigenvalue weighted by molar-refractivity contribution is -0.139. The fourth-order valence-corrected chi connectivity index (χ4v) is 2.53. The molecule has 0 aliphatic carbocycles. The molecule has 8 heteroatoms. The van der Waals surface area contributed by atoms with Crippen molar-refractivity contribution in [3.05, 3.63) is 52.8 Å². The molecule has 0 N–H and O–H groups in total. The van der Waals surface area contributed by atoms with Crippen LogP contribution >= 0.6 is 0 Å². The summed E-state index contributed by atoms with van der Waals surface area (Å²) in [6, 6.07) is 6.05. The monoisotopic (exact) mass is 400 g/mol. The van der Waals surface area contributed by atoms with Crippen molar-refractivity contribution in [3.8, 4) is 17.2 Å². The minimum Gasteiger partial charge on any atom is -0.496 e. The molecule has 0 aliphatic heterocycles. The van der Waals surface area contributed by atoms with Gasteiger partial charge in [-0.15, -0.1) is 0 Å². The van der Waals surface area contributed by atoms with Crippen LogP contribution in [0.3, 0.4) is 0 Å². The van der Waals surface area contributed by atoms with Gasteiger partial charge < -0.3 is 14.2 Å². The minimum atomic E-state index is -4.72. The smallest absolute Gasteiger partial charge is 0.419 e. The van der Waals surface area contributed by atoms with Gasteiger partial charge in [0.1, 0.15) is 29.7 Å². The number of ether oxygens (including phenoxy) is 3. The van der Waals surface area contributed by atoms with Crippen LogP contribution in [0, 0.1) is 5.82 Å². The Morgan fingerprint density at radius 2 is 1.75 bits per heavy atom. The molecule has 0 spiro atoms. The van der Waals surface area contributed by atoms with Gasteiger partial charge in [0.15, 0.2) is 0 Å². The average molecular weight is 400 g/mol. The van der Waals surface area contributed by atoms with Crippen LogP contribution in [0.2, 0.25) is 0 Å². The van der Waals surface area contributed by atoms with Gasteiger partial charge >= 0.3 is 12.1 Å². The van der Waals surface area contributed by atoms with Gasteiger partial charge in [-0.1, -0.05) is 19.9 Å². The zero-order valence-electron chi connectivity index (χ0n) is 15.7. The second kappa shape index (κ2) is 8.95. The molecule has 2 rings (SSSR count). The third kappa shape index (κ3) is 4.94. The number of halogens is 4. The molecule has 2 aromatic carbocycles. The Morgan fingerprint density at radius 3 is 2.32 bits per heavy atom. The van der Waals surface area contributed by atoms with E-state index in [2.05, 4.69) is 0 Å². The number of carbonyl (C=O) groups excluding carboxylic acids is 1. The number of methoxy groups -OCH3 is 1. The van der Waals surface area contributed by atoms with Crippen LogP contribution in [-0.2, 0) is 24.0 Å². The molecule has 152 valence electrons. The summed E-state index contributed by atoms with van der Waals surface area (Å²) in [7, 11) is 1.36. The molecule has 28 heavy (non-hydrogen) atoms. The molecule has 0 amide bonds. The summed E-state index contributed by atoms with van der Waals surface area (Å²) in [5, 5.41) is 0. The van der Waals surface area contributed by atoms with E-state index < -0.39 is 35.9 Å². The molecule has 0 bridgehead atoms. The van der Waals surface area contributed by atoms with Gasteiger partial charge in [-0.05, 0) is 30.2 Å². The standard InChI is InChI=1S/C20H20F4O4/c1-4-12-9-14(20(22,23)24)18(10-15(12)21)27-11-13-16(26-3)7-6-8-17(13)28-19(25)5-2/h6-10H,4-5,11H2,1-3H3. The van der Waals surface area contributed by atoms with Crippen molar-refractivity contribution in [2.24, 2.45) is 0 Å². The van der Waals surface area contributed by atoms with Gasteiger partial charge in [-0.3, -0.25) is 4.79 Å². The third-order valence-electron chi connectivity index (χ3n) is 4.03. The number of rotatable bonds is 7. The topological polar surface area (TPSA) is 44.8 Å². The lowest BCUT2D eigenvalue weighted by Crippen LogP contribution is -2.12. The number of hydrogen-bond acceptors (Lipinski definition) is 4. The van der Waals surface area contributed by atoms with Gasteiger partial charge in [0.2, 0.25) is 0 Å². The number of benzene rings is 2. The molecule has 0 atom stereocenters. The fraction of sp³-hybridized carbons (Fsp3) is 0.350. The van der Waals surface area contributed by atoms with Crippen LogP contribution in [0.15, 0.2) is 30.3 Å². The molecule has 0 radical (unpaired) electrons. The molecular formula is C20H20F4O4. The largest absolute Gasteiger partial charge is 0.496 e. The first-order valence-electron chi connectivity index (χ1n) is 8.60. The average Bonchev–Trinajstić information content (AvgIpc) is 2.65. The van der Waals surface area contributed by atoms with Gasteiger partial charge in [0.25, 0.3) is 0 Å². The van der Waals surface area contributed by atoms with E-state index in [-0.39, 0.29) is 35.5 Å². The molecule has 0 aromatic heterocycles. The number of aryl methyl sites for hydroxylation is 1. The Balaban J connectivity index is 2.41. The summed E-state index contributed by atoms with van der Waals surface area (Å²) >= 11 is 0. The van der Waals surface area contributed by atoms with E-state index in [1.54, 1.807) is 26.0 Å². The molecule has 0 fully saturated rings. The highest BCUT2D eigenvalue weighted by Crippen LogP contribution is 2.39. The van der Waals surface area contributed by atoms with Crippen LogP contribution in [0.1, 0.15) is 37.0 Å². The molecule has 0 aliphatic rings. The molecule has 2 aromatic rings. The second-order valence-corrected chi connectivity index (χ2v) is 5.84. The number of hydrogen-bond donors (Lipinski definition) is 0. The quantitative estimate of drug-likeness (QED) is 0.359. The first-order chi connectivity index (χ1) is 13.2. The maximum atomic E-state index is 14.0. The molecule has 0 saturated heterocycles. The van der Waals surface area contributed by atoms with E-state index in [1.807, 2.05) is 0 Å². The summed E-state index contributed by atoms with van der Waals surface area (Å²) in [4.78, 5) is 11.6. The summed E-state index contributed by atoms with van der Waals surface area (Å²) in [5.41, 5.74) is -0.901. The molecular weight excluding hydrogens is 380 g/mol. The SMILES string of the molecule is CCC(=O)Oc1cccc(OC)c1COc1cc(F)c(CC)cc1C(F)(F)F. The Labute approximate surface area is 160 Å². The zero-order valence-corrected chi connectivity index (χ0v) is 15.7. The lowest BCUT2D eigenvalue weighted by atomic mass is 10.1. The second-order valence-electron chi connectivity index (χ2n) is 5.84. The first kappa shape index (κ1) is 21.5. The van der Waals surface area contributed by atoms with Crippen molar-refractivity contribution >= 4 is 5.97 Å². The Hall–Kier alpha value is -2.77. The number of esters is 1. The Bertz CT molecular complexity index is 847. The lowest BCUT2D eigenvalue weighted by Gasteiger charge is -2.18. The maximum absolute atomic E-state index is 14.0. The van der Waals surface area contributed by atoms with E-state index in [1.165, 1.54) is 13.2 Å². The molecule has 4 nitrogen and oxygen atoms in total. The van der Waals surface area contributed by atoms with Gasteiger partial charge in [0.05, 0.1) is 18.2 Å². The number of carbonyl (C=O) groups is 1. The van der Waals surface area contributed by atoms with Crippen molar-refractivity contribution < 1.29 is 36.6 Å². The summed E-state index contributed by atoms with van der Waals surface area (Å²) in [5.74, 6) is -1.60. The summed E-state index contributed by atoms with van der Waals surface area (Å²) in [6.07, 6.45) is -4.50. The van der Waals surface area contributed by atoms with Crippen molar-refractivity contribution in [3.63, 3.8) is 0 Å². The van der Waals surface area contributed by atoms with Gasteiger partial charge in [-0.25, -0.2) is 4.39 Å². The van der Waals surface area contributed by atoms with Crippen molar-refractivity contribution in [2.45, 2.75) is 39.5 Å². The van der Waals surface area contributed by atoms with Crippen LogP contribution in [-0.4, -0.2) is 13.1 Å². The zero-order chi connectivity index (χ0) is 20.9. The van der Waals surface area contributed by atoms with Gasteiger partial charge in [-0.2, -0.15) is 13.2 Å². The minimum absolute atomic E-state index is 0.0606. The van der Waals surface area contributed by atoms with Crippen LogP contribution < -0.4 is 14.2 Å². The molecule has 0 heterocycles. The highest BCUT2D eigenvalue weighted by molar-refractivity contribution is 5.72. The van der Waals surface area contributed by atoms with Crippen LogP contribution in [0.25, 0.3) is 0 Å². The van der Waals surface area contributed by atoms with E-state index in [4.69, 9.17) is 14.2 Å². The third-order valence-corrected chi connectivity index (χ3v) is 4.03. The van der Waals surface area contributed by atoms with Crippen molar-refractivity contribution in [1.29, 1.82) is 0 Å². The van der Waals surface area contributed by atoms with Crippen molar-refractivity contribution in [1.82, 2.24) is 0 Å². The Kier molecular flexibility index (Phi) is 6.88. The van der Waals surface area contributed by atoms with E-state index in [9.17, 15) is 22.4 Å². The highest BCUT2D eigenvalue weighted by Gasteiger charge is 2.35. The predicted octanol–water partition coefficient (Wildman–Crippen LogP) is 5.31. The van der Waals surface area contributed by atoms with E-state index in [0.29, 0.717) is 0 Å². The normalized spacial score (nSPS) is 11.2. The van der Waals surface area contributed by atoms with E-state index in [0.717, 1.165) is 12.1 Å². The van der Waals surface area contributed by atoms with Crippen LogP contribution in [0.4, 0.5) is 17.6 Å². The number of alkyl halides is 3. The first-order valence-corrected chi connectivity index (χ1v) is 8.60. The summed E-state index contributed by atoms with van der Waals surface area (Å²) in [6.45, 7) is 2.75. The predicted molar refractivity (Wildman–Crippen MR) is 94.0 cm³/mol. The maximum Gasteiger partial charge on any atom is 0.419 e. The Morgan fingerprint density at radius 1 is 1.07 bits per heavy atom. The summed E-state index contributed by atoms with van der Waals surface area (Å²) < 4.78 is 69.8. The van der Waals surface area contributed by atoms with Gasteiger partial charge in [0, 0.05) is 12.5 Å². The van der Waals surface area contributed by atoms with E-state index >= 15 is 0 Å². The molecule has 0 saturated carbocycles. The van der Waals surface area contributed by atoms with Crippen LogP contribution in [0.5, 0.6) is 17.2 Å². The highest BCUT2D eigenvalue weighted by atomic mass is 19.4. The fourth-order valence-electron chi connectivity index (χ4n) is 2.53. The molecule has 0 unspecified atom stereocenters. The van der Waals surface area contributed by atoms with Crippen molar-refractivity contribution in [2.75, 3.05) is 7.11 Å².